The highest BCUT2D eigenvalue weighted by Gasteiger charge is 2.47. The van der Waals surface area contributed by atoms with Gasteiger partial charge in [-0.3, -0.25) is 4.90 Å². The van der Waals surface area contributed by atoms with Crippen molar-refractivity contribution in [3.63, 3.8) is 0 Å². The topological polar surface area (TPSA) is 42.5 Å². The summed E-state index contributed by atoms with van der Waals surface area (Å²) in [6.45, 7) is 6.36. The van der Waals surface area contributed by atoms with Crippen LogP contribution >= 0.6 is 0 Å². The second kappa shape index (κ2) is 8.73. The third-order valence-electron chi connectivity index (χ3n) is 7.64. The number of aliphatic hydroxyl groups excluding tert-OH is 1. The molecule has 0 bridgehead atoms. The van der Waals surface area contributed by atoms with E-state index in [2.05, 4.69) is 45.1 Å². The molecule has 5 rings (SSSR count). The maximum absolute atomic E-state index is 13.7. The highest BCUT2D eigenvalue weighted by atomic mass is 19.1. The van der Waals surface area contributed by atoms with Gasteiger partial charge >= 0.3 is 0 Å². The number of rotatable bonds is 6. The van der Waals surface area contributed by atoms with Gasteiger partial charge in [-0.25, -0.2) is 4.39 Å². The molecule has 3 aromatic rings. The lowest BCUT2D eigenvalue weighted by Gasteiger charge is -2.42. The normalized spacial score (nSPS) is 21.9. The lowest BCUT2D eigenvalue weighted by atomic mass is 9.71. The van der Waals surface area contributed by atoms with Crippen molar-refractivity contribution >= 4 is 10.9 Å². The van der Waals surface area contributed by atoms with Crippen LogP contribution in [0, 0.1) is 17.2 Å². The van der Waals surface area contributed by atoms with E-state index in [1.165, 1.54) is 17.2 Å². The number of aromatic amines is 1. The van der Waals surface area contributed by atoms with Crippen LogP contribution < -0.4 is 0 Å². The minimum Gasteiger partial charge on any atom is -0.396 e. The summed E-state index contributed by atoms with van der Waals surface area (Å²) >= 11 is 0. The van der Waals surface area contributed by atoms with Crippen molar-refractivity contribution < 1.29 is 9.50 Å². The molecule has 1 unspecified atom stereocenters. The molecule has 2 aliphatic rings. The number of benzene rings is 2. The van der Waals surface area contributed by atoms with Gasteiger partial charge < -0.3 is 15.0 Å². The van der Waals surface area contributed by atoms with E-state index in [-0.39, 0.29) is 17.8 Å². The highest BCUT2D eigenvalue weighted by molar-refractivity contribution is 5.83. The van der Waals surface area contributed by atoms with Crippen LogP contribution in [0.15, 0.2) is 54.7 Å². The molecule has 4 nitrogen and oxygen atoms in total. The first-order valence-corrected chi connectivity index (χ1v) is 11.5. The quantitative estimate of drug-likeness (QED) is 0.631. The number of aromatic nitrogens is 1. The number of H-pyrrole nitrogens is 1. The first kappa shape index (κ1) is 20.7. The molecule has 0 aliphatic carbocycles. The Kier molecular flexibility index (Phi) is 5.83. The van der Waals surface area contributed by atoms with Gasteiger partial charge in [-0.1, -0.05) is 30.3 Å². The Hall–Kier alpha value is -2.21. The predicted octanol–water partition coefficient (Wildman–Crippen LogP) is 4.06. The van der Waals surface area contributed by atoms with Crippen molar-refractivity contribution in [3.05, 3.63) is 71.7 Å². The predicted molar refractivity (Wildman–Crippen MR) is 122 cm³/mol. The van der Waals surface area contributed by atoms with Crippen molar-refractivity contribution in [2.75, 3.05) is 39.3 Å². The molecule has 164 valence electrons. The van der Waals surface area contributed by atoms with Crippen molar-refractivity contribution in [1.29, 1.82) is 0 Å². The van der Waals surface area contributed by atoms with Crippen molar-refractivity contribution in [2.45, 2.75) is 25.8 Å². The van der Waals surface area contributed by atoms with Crippen LogP contribution in [0.25, 0.3) is 10.9 Å². The second-order valence-corrected chi connectivity index (χ2v) is 9.49. The molecule has 5 heteroatoms. The van der Waals surface area contributed by atoms with E-state index in [0.29, 0.717) is 5.92 Å². The maximum Gasteiger partial charge on any atom is 0.123 e. The monoisotopic (exact) mass is 421 g/mol. The Balaban J connectivity index is 1.20. The van der Waals surface area contributed by atoms with E-state index in [1.54, 1.807) is 6.07 Å². The third kappa shape index (κ3) is 4.27. The van der Waals surface area contributed by atoms with Crippen LogP contribution in [0.4, 0.5) is 4.39 Å². The lowest BCUT2D eigenvalue weighted by Crippen LogP contribution is -2.44. The molecule has 1 atom stereocenters. The fourth-order valence-electron chi connectivity index (χ4n) is 5.74. The smallest absolute Gasteiger partial charge is 0.123 e. The van der Waals surface area contributed by atoms with E-state index in [4.69, 9.17) is 0 Å². The Morgan fingerprint density at radius 1 is 1.06 bits per heavy atom. The van der Waals surface area contributed by atoms with Crippen molar-refractivity contribution in [1.82, 2.24) is 14.8 Å². The molecule has 2 aromatic carbocycles. The van der Waals surface area contributed by atoms with Gasteiger partial charge in [-0.15, -0.1) is 0 Å². The van der Waals surface area contributed by atoms with Crippen LogP contribution in [0.2, 0.25) is 0 Å². The SMILES string of the molecule is OCC1CN(CCc2ccccc2)CC12CCN(Cc1c[nH]c3ccc(F)cc13)CC2. The van der Waals surface area contributed by atoms with Gasteiger partial charge in [-0.2, -0.15) is 0 Å². The molecular weight excluding hydrogens is 389 g/mol. The van der Waals surface area contributed by atoms with Crippen LogP contribution in [-0.2, 0) is 13.0 Å². The van der Waals surface area contributed by atoms with Gasteiger partial charge in [0.2, 0.25) is 0 Å². The zero-order valence-corrected chi connectivity index (χ0v) is 18.1. The van der Waals surface area contributed by atoms with E-state index < -0.39 is 0 Å². The van der Waals surface area contributed by atoms with Gasteiger partial charge in [0.25, 0.3) is 0 Å². The highest BCUT2D eigenvalue weighted by Crippen LogP contribution is 2.44. The summed E-state index contributed by atoms with van der Waals surface area (Å²) in [6.07, 6.45) is 5.33. The molecule has 3 heterocycles. The zero-order valence-electron chi connectivity index (χ0n) is 18.1. The number of hydrogen-bond acceptors (Lipinski definition) is 3. The van der Waals surface area contributed by atoms with Crippen LogP contribution in [0.1, 0.15) is 24.0 Å². The Bertz CT molecular complexity index is 1010. The molecule has 2 fully saturated rings. The number of nitrogens with one attached hydrogen (secondary N) is 1. The van der Waals surface area contributed by atoms with Gasteiger partial charge in [0.1, 0.15) is 5.82 Å². The number of piperidine rings is 1. The summed E-state index contributed by atoms with van der Waals surface area (Å²) in [5.74, 6) is 0.186. The average Bonchev–Trinajstić information content (AvgIpc) is 3.35. The summed E-state index contributed by atoms with van der Waals surface area (Å²) in [6, 6.07) is 15.6. The molecule has 1 aromatic heterocycles. The van der Waals surface area contributed by atoms with Gasteiger partial charge in [0, 0.05) is 55.8 Å². The molecule has 0 saturated carbocycles. The minimum atomic E-state index is -0.182. The molecule has 0 radical (unpaired) electrons. The van der Waals surface area contributed by atoms with Crippen molar-refractivity contribution in [2.24, 2.45) is 11.3 Å². The Labute approximate surface area is 183 Å². The summed E-state index contributed by atoms with van der Waals surface area (Å²) < 4.78 is 13.7. The Morgan fingerprint density at radius 2 is 1.87 bits per heavy atom. The fraction of sp³-hybridized carbons (Fsp3) is 0.462. The molecule has 31 heavy (non-hydrogen) atoms. The first-order chi connectivity index (χ1) is 15.1. The summed E-state index contributed by atoms with van der Waals surface area (Å²) in [4.78, 5) is 8.32. The largest absolute Gasteiger partial charge is 0.396 e. The molecule has 0 amide bonds. The number of aliphatic hydroxyl groups is 1. The number of hydrogen-bond donors (Lipinski definition) is 2. The summed E-state index contributed by atoms with van der Waals surface area (Å²) in [5, 5.41) is 11.1. The van der Waals surface area contributed by atoms with Gasteiger partial charge in [-0.05, 0) is 67.1 Å². The maximum atomic E-state index is 13.7. The van der Waals surface area contributed by atoms with Crippen LogP contribution in [0.5, 0.6) is 0 Å². The first-order valence-electron chi connectivity index (χ1n) is 11.5. The molecule has 2 aliphatic heterocycles. The van der Waals surface area contributed by atoms with E-state index >= 15 is 0 Å². The number of likely N-dealkylation sites (tertiary alicyclic amines) is 2. The zero-order chi connectivity index (χ0) is 21.3. The molecule has 2 N–H and O–H groups in total. The molecule has 2 saturated heterocycles. The third-order valence-corrected chi connectivity index (χ3v) is 7.64. The minimum absolute atomic E-state index is 0.182. The molecular formula is C26H32FN3O. The lowest BCUT2D eigenvalue weighted by molar-refractivity contribution is 0.0485. The molecule has 1 spiro atoms. The van der Waals surface area contributed by atoms with Crippen LogP contribution in [-0.4, -0.2) is 59.2 Å². The van der Waals surface area contributed by atoms with E-state index in [0.717, 1.165) is 69.4 Å². The van der Waals surface area contributed by atoms with Gasteiger partial charge in [0.15, 0.2) is 0 Å². The summed E-state index contributed by atoms with van der Waals surface area (Å²) in [7, 11) is 0. The Morgan fingerprint density at radius 3 is 2.65 bits per heavy atom. The standard InChI is InChI=1S/C26H32FN3O/c27-23-6-7-25-24(14-23)21(15-28-25)16-29-12-9-26(10-13-29)19-30(17-22(26)18-31)11-8-20-4-2-1-3-5-20/h1-7,14-15,22,28,31H,8-13,16-19H2. The van der Waals surface area contributed by atoms with Crippen molar-refractivity contribution in [3.8, 4) is 0 Å². The summed E-state index contributed by atoms with van der Waals surface area (Å²) in [5.41, 5.74) is 3.78. The number of nitrogens with zero attached hydrogens (tertiary/aromatic N) is 2. The second-order valence-electron chi connectivity index (χ2n) is 9.49. The average molecular weight is 422 g/mol. The number of fused-ring (bicyclic) bond motifs is 1. The fourth-order valence-corrected chi connectivity index (χ4v) is 5.74. The van der Waals surface area contributed by atoms with E-state index in [9.17, 15) is 9.50 Å². The number of halogens is 1. The van der Waals surface area contributed by atoms with E-state index in [1.807, 2.05) is 12.3 Å². The van der Waals surface area contributed by atoms with Crippen LogP contribution in [0.3, 0.4) is 0 Å². The van der Waals surface area contributed by atoms with Gasteiger partial charge in [0.05, 0.1) is 0 Å².